The van der Waals surface area contributed by atoms with E-state index in [1.54, 1.807) is 6.08 Å². The maximum atomic E-state index is 11.6. The van der Waals surface area contributed by atoms with Gasteiger partial charge in [0.05, 0.1) is 0 Å². The Kier molecular flexibility index (Phi) is 6.27. The molecule has 1 rings (SSSR count). The lowest BCUT2D eigenvalue weighted by Gasteiger charge is -2.28. The first-order valence-electron chi connectivity index (χ1n) is 6.73. The average molecular weight is 238 g/mol. The van der Waals surface area contributed by atoms with Gasteiger partial charge in [-0.1, -0.05) is 19.4 Å². The fourth-order valence-electron chi connectivity index (χ4n) is 2.33. The van der Waals surface area contributed by atoms with Crippen molar-refractivity contribution in [2.75, 3.05) is 20.6 Å². The Bertz CT molecular complexity index is 253. The first-order chi connectivity index (χ1) is 8.11. The highest BCUT2D eigenvalue weighted by atomic mass is 16.1. The van der Waals surface area contributed by atoms with Gasteiger partial charge in [0, 0.05) is 18.7 Å². The smallest absolute Gasteiger partial charge is 0.243 e. The number of amides is 1. The molecule has 3 heteroatoms. The molecule has 0 saturated heterocycles. The van der Waals surface area contributed by atoms with Crippen LogP contribution in [0, 0.1) is 5.92 Å². The minimum atomic E-state index is 0.0619. The van der Waals surface area contributed by atoms with E-state index in [1.807, 2.05) is 25.1 Å². The minimum Gasteiger partial charge on any atom is -0.350 e. The molecule has 0 aliphatic heterocycles. The summed E-state index contributed by atoms with van der Waals surface area (Å²) in [5, 5.41) is 3.09. The lowest BCUT2D eigenvalue weighted by atomic mass is 9.84. The van der Waals surface area contributed by atoms with Gasteiger partial charge in [-0.2, -0.15) is 0 Å². The van der Waals surface area contributed by atoms with Crippen LogP contribution in [0.5, 0.6) is 0 Å². The van der Waals surface area contributed by atoms with Crippen molar-refractivity contribution in [3.8, 4) is 0 Å². The average Bonchev–Trinajstić information content (AvgIpc) is 2.29. The van der Waals surface area contributed by atoms with Crippen LogP contribution in [-0.4, -0.2) is 37.5 Å². The summed E-state index contributed by atoms with van der Waals surface area (Å²) in [4.78, 5) is 13.7. The molecule has 1 saturated carbocycles. The zero-order valence-electron chi connectivity index (χ0n) is 11.4. The van der Waals surface area contributed by atoms with Crippen molar-refractivity contribution in [2.45, 2.75) is 45.1 Å². The monoisotopic (exact) mass is 238 g/mol. The molecule has 0 radical (unpaired) electrons. The van der Waals surface area contributed by atoms with Gasteiger partial charge in [-0.25, -0.2) is 0 Å². The van der Waals surface area contributed by atoms with Crippen LogP contribution in [0.2, 0.25) is 0 Å². The third-order valence-electron chi connectivity index (χ3n) is 3.51. The maximum Gasteiger partial charge on any atom is 0.243 e. The number of nitrogens with one attached hydrogen (secondary N) is 1. The van der Waals surface area contributed by atoms with Gasteiger partial charge in [0.15, 0.2) is 0 Å². The number of rotatable bonds is 5. The van der Waals surface area contributed by atoms with Crippen LogP contribution in [0.25, 0.3) is 0 Å². The van der Waals surface area contributed by atoms with Crippen molar-refractivity contribution in [1.82, 2.24) is 10.2 Å². The van der Waals surface area contributed by atoms with Gasteiger partial charge in [0.1, 0.15) is 0 Å². The molecule has 1 aliphatic carbocycles. The molecule has 0 spiro atoms. The molecule has 1 aliphatic rings. The summed E-state index contributed by atoms with van der Waals surface area (Å²) >= 11 is 0. The Morgan fingerprint density at radius 2 is 1.94 bits per heavy atom. The molecule has 17 heavy (non-hydrogen) atoms. The van der Waals surface area contributed by atoms with E-state index in [0.29, 0.717) is 6.04 Å². The van der Waals surface area contributed by atoms with Crippen LogP contribution in [0.1, 0.15) is 39.0 Å². The van der Waals surface area contributed by atoms with Crippen LogP contribution < -0.4 is 5.32 Å². The number of hydrogen-bond acceptors (Lipinski definition) is 2. The molecule has 0 heterocycles. The van der Waals surface area contributed by atoms with Crippen molar-refractivity contribution >= 4 is 5.91 Å². The standard InChI is InChI=1S/C14H26N2O/c1-4-12-7-9-13(10-8-12)15-14(17)6-5-11-16(2)3/h5-6,12-13H,4,7-11H2,1-3H3,(H,15,17)/b6-5+/t12-,13-. The minimum absolute atomic E-state index is 0.0619. The van der Waals surface area contributed by atoms with Gasteiger partial charge < -0.3 is 10.2 Å². The second kappa shape index (κ2) is 7.49. The summed E-state index contributed by atoms with van der Waals surface area (Å²) < 4.78 is 0. The predicted molar refractivity (Wildman–Crippen MR) is 71.9 cm³/mol. The lowest BCUT2D eigenvalue weighted by Crippen LogP contribution is -2.36. The summed E-state index contributed by atoms with van der Waals surface area (Å²) in [6, 6.07) is 0.398. The van der Waals surface area contributed by atoms with Crippen LogP contribution >= 0.6 is 0 Å². The van der Waals surface area contributed by atoms with Crippen LogP contribution in [0.3, 0.4) is 0 Å². The van der Waals surface area contributed by atoms with Crippen molar-refractivity contribution in [3.63, 3.8) is 0 Å². The van der Waals surface area contributed by atoms with Crippen molar-refractivity contribution in [1.29, 1.82) is 0 Å². The van der Waals surface area contributed by atoms with Crippen LogP contribution in [0.4, 0.5) is 0 Å². The molecule has 1 fully saturated rings. The van der Waals surface area contributed by atoms with E-state index < -0.39 is 0 Å². The van der Waals surface area contributed by atoms with Crippen LogP contribution in [0.15, 0.2) is 12.2 Å². The van der Waals surface area contributed by atoms with Gasteiger partial charge in [-0.3, -0.25) is 4.79 Å². The van der Waals surface area contributed by atoms with E-state index >= 15 is 0 Å². The second-order valence-electron chi connectivity index (χ2n) is 5.30. The van der Waals surface area contributed by atoms with E-state index in [0.717, 1.165) is 25.3 Å². The zero-order valence-corrected chi connectivity index (χ0v) is 11.4. The number of hydrogen-bond donors (Lipinski definition) is 1. The molecule has 0 unspecified atom stereocenters. The Morgan fingerprint density at radius 1 is 1.29 bits per heavy atom. The molecule has 1 amide bonds. The molecular weight excluding hydrogens is 212 g/mol. The van der Waals surface area contributed by atoms with Gasteiger partial charge in [-0.05, 0) is 45.7 Å². The molecule has 0 aromatic heterocycles. The van der Waals surface area contributed by atoms with Gasteiger partial charge in [0.2, 0.25) is 5.91 Å². The summed E-state index contributed by atoms with van der Waals surface area (Å²) in [5.41, 5.74) is 0. The number of carbonyl (C=O) groups excluding carboxylic acids is 1. The molecule has 0 atom stereocenters. The Morgan fingerprint density at radius 3 is 2.47 bits per heavy atom. The normalized spacial score (nSPS) is 25.4. The van der Waals surface area contributed by atoms with E-state index in [9.17, 15) is 4.79 Å². The van der Waals surface area contributed by atoms with Crippen molar-refractivity contribution in [2.24, 2.45) is 5.92 Å². The highest BCUT2D eigenvalue weighted by Gasteiger charge is 2.20. The van der Waals surface area contributed by atoms with E-state index in [4.69, 9.17) is 0 Å². The fourth-order valence-corrected chi connectivity index (χ4v) is 2.33. The fraction of sp³-hybridized carbons (Fsp3) is 0.786. The molecule has 0 aromatic carbocycles. The van der Waals surface area contributed by atoms with Crippen LogP contribution in [-0.2, 0) is 4.79 Å². The summed E-state index contributed by atoms with van der Waals surface area (Å²) in [6.45, 7) is 3.07. The highest BCUT2D eigenvalue weighted by molar-refractivity contribution is 5.87. The van der Waals surface area contributed by atoms with Gasteiger partial charge in [-0.15, -0.1) is 0 Å². The molecule has 98 valence electrons. The van der Waals surface area contributed by atoms with E-state index in [-0.39, 0.29) is 5.91 Å². The van der Waals surface area contributed by atoms with Crippen molar-refractivity contribution < 1.29 is 4.79 Å². The third kappa shape index (κ3) is 5.87. The SMILES string of the molecule is CC[C@H]1CC[C@H](NC(=O)/C=C/CN(C)C)CC1. The van der Waals surface area contributed by atoms with E-state index in [1.165, 1.54) is 19.3 Å². The van der Waals surface area contributed by atoms with Gasteiger partial charge >= 0.3 is 0 Å². The number of nitrogens with zero attached hydrogens (tertiary/aromatic N) is 1. The molecule has 0 bridgehead atoms. The molecule has 0 aromatic rings. The Labute approximate surface area is 105 Å². The quantitative estimate of drug-likeness (QED) is 0.745. The highest BCUT2D eigenvalue weighted by Crippen LogP contribution is 2.26. The second-order valence-corrected chi connectivity index (χ2v) is 5.30. The zero-order chi connectivity index (χ0) is 12.7. The Hall–Kier alpha value is -0.830. The third-order valence-corrected chi connectivity index (χ3v) is 3.51. The first kappa shape index (κ1) is 14.2. The number of likely N-dealkylation sites (N-methyl/N-ethyl adjacent to an activating group) is 1. The summed E-state index contributed by atoms with van der Waals surface area (Å²) in [5.74, 6) is 0.944. The largest absolute Gasteiger partial charge is 0.350 e. The summed E-state index contributed by atoms with van der Waals surface area (Å²) in [6.07, 6.45) is 9.67. The van der Waals surface area contributed by atoms with Crippen molar-refractivity contribution in [3.05, 3.63) is 12.2 Å². The maximum absolute atomic E-state index is 11.6. The molecule has 3 nitrogen and oxygen atoms in total. The Balaban J connectivity index is 2.21. The first-order valence-corrected chi connectivity index (χ1v) is 6.73. The molecular formula is C14H26N2O. The lowest BCUT2D eigenvalue weighted by molar-refractivity contribution is -0.117. The molecule has 1 N–H and O–H groups in total. The van der Waals surface area contributed by atoms with Gasteiger partial charge in [0.25, 0.3) is 0 Å². The topological polar surface area (TPSA) is 32.3 Å². The number of carbonyl (C=O) groups is 1. The van der Waals surface area contributed by atoms with E-state index in [2.05, 4.69) is 12.2 Å². The predicted octanol–water partition coefficient (Wildman–Crippen LogP) is 2.19. The summed E-state index contributed by atoms with van der Waals surface area (Å²) in [7, 11) is 3.99.